The van der Waals surface area contributed by atoms with Gasteiger partial charge < -0.3 is 15.4 Å². The Labute approximate surface area is 192 Å². The summed E-state index contributed by atoms with van der Waals surface area (Å²) < 4.78 is 5.79. The lowest BCUT2D eigenvalue weighted by molar-refractivity contribution is 0.0782. The van der Waals surface area contributed by atoms with Crippen LogP contribution < -0.4 is 10.6 Å². The molecule has 1 heterocycles. The molecule has 1 aliphatic heterocycles. The fourth-order valence-electron chi connectivity index (χ4n) is 3.65. The Bertz CT molecular complexity index is 563. The summed E-state index contributed by atoms with van der Waals surface area (Å²) in [5.41, 5.74) is 1.34. The average molecular weight is 521 g/mol. The molecule has 0 saturated carbocycles. The number of halogens is 1. The Balaban J connectivity index is 0.00000392. The van der Waals surface area contributed by atoms with Crippen molar-refractivity contribution in [3.8, 4) is 0 Å². The average Bonchev–Trinajstić information content (AvgIpc) is 2.74. The van der Waals surface area contributed by atoms with Gasteiger partial charge in [-0.05, 0) is 37.8 Å². The van der Waals surface area contributed by atoms with Crippen LogP contribution in [-0.4, -0.2) is 68.3 Å². The second-order valence-corrected chi connectivity index (χ2v) is 8.23. The van der Waals surface area contributed by atoms with Crippen molar-refractivity contribution < 1.29 is 4.74 Å². The van der Waals surface area contributed by atoms with E-state index >= 15 is 0 Å². The largest absolute Gasteiger partial charge is 0.381 e. The highest BCUT2D eigenvalue weighted by molar-refractivity contribution is 14.0. The van der Waals surface area contributed by atoms with Crippen molar-refractivity contribution in [1.82, 2.24) is 15.5 Å². The highest BCUT2D eigenvalue weighted by Crippen LogP contribution is 2.32. The molecule has 160 valence electrons. The van der Waals surface area contributed by atoms with Crippen molar-refractivity contribution in [3.63, 3.8) is 0 Å². The number of thioether (sulfide) groups is 1. The van der Waals surface area contributed by atoms with E-state index in [0.717, 1.165) is 58.2 Å². The number of rotatable bonds is 9. The molecule has 1 aromatic rings. The van der Waals surface area contributed by atoms with Crippen LogP contribution in [0.15, 0.2) is 35.3 Å². The Morgan fingerprint density at radius 2 is 1.82 bits per heavy atom. The van der Waals surface area contributed by atoms with Crippen LogP contribution in [-0.2, 0) is 4.74 Å². The molecule has 1 aliphatic rings. The van der Waals surface area contributed by atoms with Crippen molar-refractivity contribution in [2.45, 2.75) is 37.5 Å². The first-order valence-electron chi connectivity index (χ1n) is 10.0. The number of hydrogen-bond acceptors (Lipinski definition) is 4. The zero-order chi connectivity index (χ0) is 19.5. The predicted molar refractivity (Wildman–Crippen MR) is 133 cm³/mol. The maximum absolute atomic E-state index is 5.55. The van der Waals surface area contributed by atoms with E-state index in [2.05, 4.69) is 71.0 Å². The Morgan fingerprint density at radius 1 is 1.18 bits per heavy atom. The SMILES string of the molecule is CCN(CC)C(CNC(=NC)NCC1(SC)CCOCC1)c1ccccc1.I. The van der Waals surface area contributed by atoms with Gasteiger partial charge in [0.1, 0.15) is 0 Å². The van der Waals surface area contributed by atoms with Gasteiger partial charge in [0.2, 0.25) is 0 Å². The van der Waals surface area contributed by atoms with E-state index in [0.29, 0.717) is 6.04 Å². The monoisotopic (exact) mass is 520 g/mol. The summed E-state index contributed by atoms with van der Waals surface area (Å²) in [6, 6.07) is 11.1. The lowest BCUT2D eigenvalue weighted by atomic mass is 9.99. The molecule has 2 rings (SSSR count). The van der Waals surface area contributed by atoms with E-state index in [1.54, 1.807) is 0 Å². The Kier molecular flexibility index (Phi) is 12.5. The van der Waals surface area contributed by atoms with E-state index in [1.807, 2.05) is 18.8 Å². The molecule has 0 radical (unpaired) electrons. The van der Waals surface area contributed by atoms with Crippen molar-refractivity contribution in [2.24, 2.45) is 4.99 Å². The standard InChI is InChI=1S/C21H36N4OS.HI/c1-5-25(6-2)19(18-10-8-7-9-11-18)16-23-20(22-3)24-17-21(27-4)12-14-26-15-13-21;/h7-11,19H,5-6,12-17H2,1-4H3,(H2,22,23,24);1H. The minimum absolute atomic E-state index is 0. The Hall–Kier alpha value is -0.510. The molecule has 1 saturated heterocycles. The molecule has 1 fully saturated rings. The number of nitrogens with zero attached hydrogens (tertiary/aromatic N) is 2. The van der Waals surface area contributed by atoms with Gasteiger partial charge >= 0.3 is 0 Å². The molecular weight excluding hydrogens is 483 g/mol. The summed E-state index contributed by atoms with van der Waals surface area (Å²) in [5.74, 6) is 0.878. The molecule has 2 N–H and O–H groups in total. The first-order valence-corrected chi connectivity index (χ1v) is 11.3. The molecular formula is C21H37IN4OS. The van der Waals surface area contributed by atoms with Crippen LogP contribution >= 0.6 is 35.7 Å². The summed E-state index contributed by atoms with van der Waals surface area (Å²) >= 11 is 1.95. The maximum atomic E-state index is 5.55. The predicted octanol–water partition coefficient (Wildman–Crippen LogP) is 3.76. The van der Waals surface area contributed by atoms with E-state index in [4.69, 9.17) is 4.74 Å². The summed E-state index contributed by atoms with van der Waals surface area (Å²) in [4.78, 5) is 6.93. The van der Waals surface area contributed by atoms with E-state index in [-0.39, 0.29) is 28.7 Å². The fourth-order valence-corrected chi connectivity index (χ4v) is 4.44. The highest BCUT2D eigenvalue weighted by Gasteiger charge is 2.31. The second kappa shape index (κ2) is 13.7. The number of likely N-dealkylation sites (N-methyl/N-ethyl adjacent to an activating group) is 1. The van der Waals surface area contributed by atoms with Crippen LogP contribution in [0.4, 0.5) is 0 Å². The van der Waals surface area contributed by atoms with Crippen LogP contribution in [0.1, 0.15) is 38.3 Å². The summed E-state index contributed by atoms with van der Waals surface area (Å²) in [5, 5.41) is 7.11. The van der Waals surface area contributed by atoms with Gasteiger partial charge in [-0.15, -0.1) is 24.0 Å². The zero-order valence-corrected chi connectivity index (χ0v) is 20.9. The third-order valence-corrected chi connectivity index (χ3v) is 6.96. The van der Waals surface area contributed by atoms with Gasteiger partial charge in [0.15, 0.2) is 5.96 Å². The summed E-state index contributed by atoms with van der Waals surface area (Å²) in [6.07, 6.45) is 4.38. The number of ether oxygens (including phenoxy) is 1. The van der Waals surface area contributed by atoms with E-state index in [9.17, 15) is 0 Å². The third-order valence-electron chi connectivity index (χ3n) is 5.54. The molecule has 0 bridgehead atoms. The number of aliphatic imine (C=N–C) groups is 1. The molecule has 5 nitrogen and oxygen atoms in total. The number of benzene rings is 1. The van der Waals surface area contributed by atoms with Crippen LogP contribution in [0, 0.1) is 0 Å². The molecule has 1 unspecified atom stereocenters. The van der Waals surface area contributed by atoms with Crippen molar-refractivity contribution in [2.75, 3.05) is 52.7 Å². The van der Waals surface area contributed by atoms with E-state index < -0.39 is 0 Å². The first kappa shape index (κ1) is 25.5. The fraction of sp³-hybridized carbons (Fsp3) is 0.667. The normalized spacial score (nSPS) is 17.7. The first-order chi connectivity index (χ1) is 13.2. The molecule has 0 spiro atoms. The van der Waals surface area contributed by atoms with Crippen molar-refractivity contribution >= 4 is 41.7 Å². The number of nitrogens with one attached hydrogen (secondary N) is 2. The lowest BCUT2D eigenvalue weighted by Gasteiger charge is -2.36. The number of hydrogen-bond donors (Lipinski definition) is 2. The zero-order valence-electron chi connectivity index (χ0n) is 17.7. The molecule has 28 heavy (non-hydrogen) atoms. The summed E-state index contributed by atoms with van der Waals surface area (Å²) in [6.45, 7) is 9.96. The quantitative estimate of drug-likeness (QED) is 0.295. The van der Waals surface area contributed by atoms with Gasteiger partial charge in [-0.1, -0.05) is 44.2 Å². The topological polar surface area (TPSA) is 48.9 Å². The second-order valence-electron chi connectivity index (χ2n) is 6.95. The van der Waals surface area contributed by atoms with Gasteiger partial charge in [-0.3, -0.25) is 9.89 Å². The van der Waals surface area contributed by atoms with E-state index in [1.165, 1.54) is 5.56 Å². The van der Waals surface area contributed by atoms with Gasteiger partial charge in [0, 0.05) is 38.1 Å². The van der Waals surface area contributed by atoms with Crippen LogP contribution in [0.3, 0.4) is 0 Å². The highest BCUT2D eigenvalue weighted by atomic mass is 127. The minimum atomic E-state index is 0. The molecule has 0 amide bonds. The van der Waals surface area contributed by atoms with Gasteiger partial charge in [-0.2, -0.15) is 11.8 Å². The maximum Gasteiger partial charge on any atom is 0.191 e. The van der Waals surface area contributed by atoms with Gasteiger partial charge in [0.05, 0.1) is 6.04 Å². The molecule has 1 aromatic carbocycles. The number of guanidine groups is 1. The molecule has 7 heteroatoms. The Morgan fingerprint density at radius 3 is 2.36 bits per heavy atom. The van der Waals surface area contributed by atoms with Crippen molar-refractivity contribution in [3.05, 3.63) is 35.9 Å². The molecule has 0 aromatic heterocycles. The van der Waals surface area contributed by atoms with Crippen molar-refractivity contribution in [1.29, 1.82) is 0 Å². The van der Waals surface area contributed by atoms with Crippen LogP contribution in [0.2, 0.25) is 0 Å². The smallest absolute Gasteiger partial charge is 0.191 e. The lowest BCUT2D eigenvalue weighted by Crippen LogP contribution is -2.49. The third kappa shape index (κ3) is 7.39. The summed E-state index contributed by atoms with van der Waals surface area (Å²) in [7, 11) is 1.85. The molecule has 0 aliphatic carbocycles. The molecule has 1 atom stereocenters. The van der Waals surface area contributed by atoms with Crippen LogP contribution in [0.5, 0.6) is 0 Å². The van der Waals surface area contributed by atoms with Crippen LogP contribution in [0.25, 0.3) is 0 Å². The minimum Gasteiger partial charge on any atom is -0.381 e. The van der Waals surface area contributed by atoms with Gasteiger partial charge in [-0.25, -0.2) is 0 Å². The van der Waals surface area contributed by atoms with Gasteiger partial charge in [0.25, 0.3) is 0 Å².